The van der Waals surface area contributed by atoms with Crippen LogP contribution in [-0.4, -0.2) is 20.9 Å². The number of hydrogen-bond donors (Lipinski definition) is 1. The lowest BCUT2D eigenvalue weighted by Crippen LogP contribution is -2.07. The van der Waals surface area contributed by atoms with Crippen LogP contribution >= 0.6 is 23.2 Å². The Morgan fingerprint density at radius 1 is 1.22 bits per heavy atom. The van der Waals surface area contributed by atoms with Gasteiger partial charge in [-0.2, -0.15) is 18.3 Å². The molecule has 1 N–H and O–H groups in total. The topological polar surface area (TPSA) is 55.1 Å². The van der Waals surface area contributed by atoms with Crippen molar-refractivity contribution in [3.05, 3.63) is 62.8 Å². The summed E-state index contributed by atoms with van der Waals surface area (Å²) in [5.74, 6) is -1.17. The lowest BCUT2D eigenvalue weighted by molar-refractivity contribution is -0.137. The zero-order chi connectivity index (χ0) is 19.9. The molecule has 4 nitrogen and oxygen atoms in total. The summed E-state index contributed by atoms with van der Waals surface area (Å²) in [4.78, 5) is 11.2. The van der Waals surface area contributed by atoms with E-state index in [0.717, 1.165) is 12.1 Å². The molecule has 142 valence electrons. The van der Waals surface area contributed by atoms with E-state index in [1.165, 1.54) is 18.2 Å². The Morgan fingerprint density at radius 3 is 2.56 bits per heavy atom. The molecule has 0 atom stereocenters. The Labute approximate surface area is 162 Å². The summed E-state index contributed by atoms with van der Waals surface area (Å²) >= 11 is 12.3. The number of benzene rings is 2. The second-order valence-corrected chi connectivity index (χ2v) is 6.77. The molecule has 0 aliphatic rings. The summed E-state index contributed by atoms with van der Waals surface area (Å²) < 4.78 is 40.3. The number of aromatic nitrogens is 2. The van der Waals surface area contributed by atoms with Crippen LogP contribution < -0.4 is 0 Å². The first-order chi connectivity index (χ1) is 12.6. The van der Waals surface area contributed by atoms with Gasteiger partial charge in [-0.25, -0.2) is 4.79 Å². The molecule has 9 heteroatoms. The number of aromatic carboxylic acids is 1. The number of rotatable bonds is 4. The highest BCUT2D eigenvalue weighted by molar-refractivity contribution is 6.37. The molecule has 3 aromatic rings. The van der Waals surface area contributed by atoms with Gasteiger partial charge in [0.2, 0.25) is 0 Å². The summed E-state index contributed by atoms with van der Waals surface area (Å²) in [5, 5.41) is 14.2. The third-order valence-electron chi connectivity index (χ3n) is 4.25. The predicted molar refractivity (Wildman–Crippen MR) is 96.6 cm³/mol. The summed E-state index contributed by atoms with van der Waals surface area (Å²) in [5.41, 5.74) is 0.659. The van der Waals surface area contributed by atoms with E-state index in [2.05, 4.69) is 5.10 Å². The molecule has 0 radical (unpaired) electrons. The van der Waals surface area contributed by atoms with Crippen molar-refractivity contribution < 1.29 is 23.1 Å². The second kappa shape index (κ2) is 7.05. The summed E-state index contributed by atoms with van der Waals surface area (Å²) in [6.45, 7) is 1.90. The van der Waals surface area contributed by atoms with E-state index in [4.69, 9.17) is 28.3 Å². The fourth-order valence-corrected chi connectivity index (χ4v) is 3.54. The van der Waals surface area contributed by atoms with Crippen molar-refractivity contribution in [3.63, 3.8) is 0 Å². The maximum atomic E-state index is 12.9. The lowest BCUT2D eigenvalue weighted by Gasteiger charge is -2.11. The van der Waals surface area contributed by atoms with Crippen molar-refractivity contribution in [1.29, 1.82) is 0 Å². The standard InChI is InChI=1S/C18H13Cl2F3N2O2/c1-9-13-8-10(18(21,22)23)2-5-15(13)25(24-9)7-6-11-14(19)4-3-12(16(11)20)17(26)27/h2-5,8H,6-7H2,1H3,(H,26,27). The van der Waals surface area contributed by atoms with E-state index in [1.54, 1.807) is 11.6 Å². The number of nitrogens with zero attached hydrogens (tertiary/aromatic N) is 2. The van der Waals surface area contributed by atoms with E-state index in [9.17, 15) is 18.0 Å². The SMILES string of the molecule is Cc1nn(CCc2c(Cl)ccc(C(=O)O)c2Cl)c2ccc(C(F)(F)F)cc12. The van der Waals surface area contributed by atoms with Crippen LogP contribution in [0.2, 0.25) is 10.0 Å². The number of carboxylic acids is 1. The molecule has 0 fully saturated rings. The molecule has 0 saturated carbocycles. The highest BCUT2D eigenvalue weighted by atomic mass is 35.5. The van der Waals surface area contributed by atoms with Crippen LogP contribution in [0.15, 0.2) is 30.3 Å². The molecular weight excluding hydrogens is 404 g/mol. The van der Waals surface area contributed by atoms with E-state index in [0.29, 0.717) is 27.2 Å². The molecule has 0 amide bonds. The molecule has 1 aromatic heterocycles. The van der Waals surface area contributed by atoms with Crippen LogP contribution in [-0.2, 0) is 19.1 Å². The van der Waals surface area contributed by atoms with Crippen molar-refractivity contribution >= 4 is 40.1 Å². The Morgan fingerprint density at radius 2 is 1.93 bits per heavy atom. The van der Waals surface area contributed by atoms with Gasteiger partial charge in [-0.15, -0.1) is 0 Å². The summed E-state index contributed by atoms with van der Waals surface area (Å²) in [6.07, 6.45) is -4.16. The number of alkyl halides is 3. The first kappa shape index (κ1) is 19.5. The Balaban J connectivity index is 1.95. The molecule has 1 heterocycles. The van der Waals surface area contributed by atoms with E-state index in [1.807, 2.05) is 0 Å². The normalized spacial score (nSPS) is 11.9. The highest BCUT2D eigenvalue weighted by Gasteiger charge is 2.31. The maximum Gasteiger partial charge on any atom is 0.416 e. The largest absolute Gasteiger partial charge is 0.478 e. The summed E-state index contributed by atoms with van der Waals surface area (Å²) in [6, 6.07) is 6.22. The zero-order valence-corrected chi connectivity index (χ0v) is 15.5. The van der Waals surface area contributed by atoms with E-state index >= 15 is 0 Å². The highest BCUT2D eigenvalue weighted by Crippen LogP contribution is 2.33. The van der Waals surface area contributed by atoms with Gasteiger partial charge in [-0.05, 0) is 49.2 Å². The third-order valence-corrected chi connectivity index (χ3v) is 5.04. The average Bonchev–Trinajstić information content (AvgIpc) is 2.89. The maximum absolute atomic E-state index is 12.9. The molecule has 0 unspecified atom stereocenters. The van der Waals surface area contributed by atoms with Crippen molar-refractivity contribution in [2.45, 2.75) is 26.1 Å². The molecule has 27 heavy (non-hydrogen) atoms. The van der Waals surface area contributed by atoms with Gasteiger partial charge in [0, 0.05) is 17.0 Å². The van der Waals surface area contributed by atoms with Crippen LogP contribution in [0.5, 0.6) is 0 Å². The Kier molecular flexibility index (Phi) is 5.10. The minimum atomic E-state index is -4.43. The Hall–Kier alpha value is -2.25. The molecule has 0 aliphatic carbocycles. The fourth-order valence-electron chi connectivity index (χ4n) is 2.90. The fraction of sp³-hybridized carbons (Fsp3) is 0.222. The van der Waals surface area contributed by atoms with Crippen LogP contribution in [0, 0.1) is 6.92 Å². The van der Waals surface area contributed by atoms with Gasteiger partial charge in [0.05, 0.1) is 27.4 Å². The average molecular weight is 417 g/mol. The van der Waals surface area contributed by atoms with Gasteiger partial charge in [-0.3, -0.25) is 4.68 Å². The van der Waals surface area contributed by atoms with Crippen LogP contribution in [0.3, 0.4) is 0 Å². The third kappa shape index (κ3) is 3.75. The number of halogens is 5. The molecular formula is C18H13Cl2F3N2O2. The van der Waals surface area contributed by atoms with Crippen molar-refractivity contribution in [3.8, 4) is 0 Å². The van der Waals surface area contributed by atoms with Crippen LogP contribution in [0.4, 0.5) is 13.2 Å². The van der Waals surface area contributed by atoms with Gasteiger partial charge in [0.1, 0.15) is 0 Å². The quantitative estimate of drug-likeness (QED) is 0.600. The number of aryl methyl sites for hydroxylation is 2. The number of carbonyl (C=O) groups is 1. The van der Waals surface area contributed by atoms with Crippen molar-refractivity contribution in [2.75, 3.05) is 0 Å². The smallest absolute Gasteiger partial charge is 0.416 e. The first-order valence-corrected chi connectivity index (χ1v) is 8.59. The van der Waals surface area contributed by atoms with Crippen molar-refractivity contribution in [1.82, 2.24) is 9.78 Å². The predicted octanol–water partition coefficient (Wildman–Crippen LogP) is 5.61. The molecule has 0 saturated heterocycles. The van der Waals surface area contributed by atoms with Gasteiger partial charge in [-0.1, -0.05) is 23.2 Å². The zero-order valence-electron chi connectivity index (χ0n) is 13.9. The van der Waals surface area contributed by atoms with Gasteiger partial charge in [0.15, 0.2) is 0 Å². The number of fused-ring (bicyclic) bond motifs is 1. The molecule has 0 bridgehead atoms. The van der Waals surface area contributed by atoms with Gasteiger partial charge >= 0.3 is 12.1 Å². The van der Waals surface area contributed by atoms with Crippen molar-refractivity contribution in [2.24, 2.45) is 0 Å². The van der Waals surface area contributed by atoms with E-state index < -0.39 is 17.7 Å². The lowest BCUT2D eigenvalue weighted by atomic mass is 10.1. The Bertz CT molecular complexity index is 1050. The van der Waals surface area contributed by atoms with Crippen LogP contribution in [0.1, 0.15) is 27.2 Å². The number of carboxylic acid groups (broad SMARTS) is 1. The van der Waals surface area contributed by atoms with E-state index in [-0.39, 0.29) is 23.6 Å². The molecule has 3 rings (SSSR count). The minimum absolute atomic E-state index is 0.0440. The monoisotopic (exact) mass is 416 g/mol. The molecule has 0 spiro atoms. The van der Waals surface area contributed by atoms with Gasteiger partial charge < -0.3 is 5.11 Å². The molecule has 0 aliphatic heterocycles. The minimum Gasteiger partial charge on any atom is -0.478 e. The summed E-state index contributed by atoms with van der Waals surface area (Å²) in [7, 11) is 0. The van der Waals surface area contributed by atoms with Gasteiger partial charge in [0.25, 0.3) is 0 Å². The van der Waals surface area contributed by atoms with Crippen LogP contribution in [0.25, 0.3) is 10.9 Å². The second-order valence-electron chi connectivity index (χ2n) is 5.98. The number of hydrogen-bond acceptors (Lipinski definition) is 2. The molecule has 2 aromatic carbocycles. The first-order valence-electron chi connectivity index (χ1n) is 7.84.